The smallest absolute Gasteiger partial charge is 0.311 e. The molecule has 0 aliphatic heterocycles. The Morgan fingerprint density at radius 3 is 2.48 bits per heavy atom. The molecule has 0 saturated carbocycles. The summed E-state index contributed by atoms with van der Waals surface area (Å²) in [6.45, 7) is 10.5. The number of benzene rings is 2. The molecule has 0 spiro atoms. The topological polar surface area (TPSA) is 109 Å². The van der Waals surface area contributed by atoms with Crippen LogP contribution in [-0.4, -0.2) is 44.9 Å². The van der Waals surface area contributed by atoms with Gasteiger partial charge in [0.05, 0.1) is 28.8 Å². The van der Waals surface area contributed by atoms with Gasteiger partial charge in [0.25, 0.3) is 5.91 Å². The monoisotopic (exact) mass is 662 g/mol. The highest BCUT2D eigenvalue weighted by molar-refractivity contribution is 6.35. The molecular weight excluding hydrogens is 623 g/mol. The first kappa shape index (κ1) is 33.4. The van der Waals surface area contributed by atoms with Crippen molar-refractivity contribution in [2.24, 2.45) is 18.4 Å². The fourth-order valence-corrected chi connectivity index (χ4v) is 6.83. The second-order valence-corrected chi connectivity index (χ2v) is 13.2. The van der Waals surface area contributed by atoms with Crippen LogP contribution in [0.15, 0.2) is 48.6 Å². The number of rotatable bonds is 11. The number of aromatic nitrogens is 3. The van der Waals surface area contributed by atoms with Crippen LogP contribution in [0.2, 0.25) is 10.0 Å². The van der Waals surface area contributed by atoms with E-state index in [2.05, 4.69) is 15.4 Å². The highest BCUT2D eigenvalue weighted by Crippen LogP contribution is 2.41. The number of aliphatic carboxylic acids is 1. The third-order valence-electron chi connectivity index (χ3n) is 9.08. The van der Waals surface area contributed by atoms with Crippen LogP contribution in [0, 0.1) is 39.0 Å². The fourth-order valence-electron chi connectivity index (χ4n) is 6.47. The summed E-state index contributed by atoms with van der Waals surface area (Å²) < 4.78 is 7.92. The first-order valence-corrected chi connectivity index (χ1v) is 16.2. The van der Waals surface area contributed by atoms with Crippen molar-refractivity contribution in [3.05, 3.63) is 92.4 Å². The summed E-state index contributed by atoms with van der Waals surface area (Å²) in [5.41, 5.74) is 6.93. The number of hydrogen-bond acceptors (Lipinski definition) is 4. The van der Waals surface area contributed by atoms with Gasteiger partial charge in [-0.1, -0.05) is 60.5 Å². The van der Waals surface area contributed by atoms with Crippen molar-refractivity contribution in [3.63, 3.8) is 0 Å². The van der Waals surface area contributed by atoms with Crippen molar-refractivity contribution < 1.29 is 19.4 Å². The maximum Gasteiger partial charge on any atom is 0.311 e. The standard InChI is InChI=1S/C36H40Cl2N4O4/c1-20-18-24(19-21(2)31(20)38)46-17-9-10-25-26-12-13-28(37)30(29-22(3)41-42(6)23(29)4)32(26)40-33(25)34(43)39-16-15-36(5)14-8-7-11-27(36)35(44)45/h7-8,11-14,18-19,27,40H,9-10,15-17H2,1-6H3,(H,39,43)(H,44,45). The lowest BCUT2D eigenvalue weighted by molar-refractivity contribution is -0.143. The predicted molar refractivity (Wildman–Crippen MR) is 184 cm³/mol. The third-order valence-corrected chi connectivity index (χ3v) is 10.00. The van der Waals surface area contributed by atoms with Gasteiger partial charge in [0.2, 0.25) is 0 Å². The molecule has 10 heteroatoms. The van der Waals surface area contributed by atoms with Gasteiger partial charge < -0.3 is 20.1 Å². The summed E-state index contributed by atoms with van der Waals surface area (Å²) >= 11 is 13.2. The van der Waals surface area contributed by atoms with Gasteiger partial charge in [0.15, 0.2) is 0 Å². The predicted octanol–water partition coefficient (Wildman–Crippen LogP) is 8.07. The Hall–Kier alpha value is -4.01. The molecule has 8 nitrogen and oxygen atoms in total. The van der Waals surface area contributed by atoms with E-state index in [4.69, 9.17) is 27.9 Å². The molecule has 0 fully saturated rings. The normalized spacial score (nSPS) is 17.5. The van der Waals surface area contributed by atoms with E-state index in [-0.39, 0.29) is 5.91 Å². The first-order valence-electron chi connectivity index (χ1n) is 15.4. The number of halogens is 2. The Kier molecular flexibility index (Phi) is 9.70. The third kappa shape index (κ3) is 6.46. The van der Waals surface area contributed by atoms with Crippen LogP contribution in [0.4, 0.5) is 0 Å². The molecule has 2 atom stereocenters. The molecule has 1 amide bonds. The summed E-state index contributed by atoms with van der Waals surface area (Å²) in [5.74, 6) is -1.05. The number of H-pyrrole nitrogens is 1. The summed E-state index contributed by atoms with van der Waals surface area (Å²) in [5, 5.41) is 19.6. The van der Waals surface area contributed by atoms with E-state index in [1.165, 1.54) is 0 Å². The second kappa shape index (κ2) is 13.4. The van der Waals surface area contributed by atoms with Crippen LogP contribution < -0.4 is 10.1 Å². The SMILES string of the molecule is Cc1cc(OCCCc2c(C(=O)NCCC3(C)C=CC=CC3C(=O)O)[nH]c3c(-c4c(C)nn(C)c4C)c(Cl)ccc23)cc(C)c1Cl. The number of nitrogens with zero attached hydrogens (tertiary/aromatic N) is 2. The van der Waals surface area contributed by atoms with Gasteiger partial charge >= 0.3 is 5.97 Å². The summed E-state index contributed by atoms with van der Waals surface area (Å²) in [4.78, 5) is 29.2. The van der Waals surface area contributed by atoms with E-state index < -0.39 is 17.3 Å². The number of aryl methyl sites for hydroxylation is 5. The number of carbonyl (C=O) groups is 2. The minimum atomic E-state index is -0.885. The number of amides is 1. The van der Waals surface area contributed by atoms with Crippen LogP contribution in [0.25, 0.3) is 22.0 Å². The van der Waals surface area contributed by atoms with Crippen molar-refractivity contribution in [1.82, 2.24) is 20.1 Å². The number of carbonyl (C=O) groups excluding carboxylic acids is 1. The molecule has 2 unspecified atom stereocenters. The molecule has 2 aromatic carbocycles. The largest absolute Gasteiger partial charge is 0.494 e. The Bertz CT molecular complexity index is 1860. The zero-order valence-electron chi connectivity index (χ0n) is 27.1. The molecule has 1 aliphatic carbocycles. The number of nitrogens with one attached hydrogen (secondary N) is 2. The van der Waals surface area contributed by atoms with Gasteiger partial charge in [0.1, 0.15) is 11.4 Å². The van der Waals surface area contributed by atoms with E-state index in [1.54, 1.807) is 12.2 Å². The Labute approximate surface area is 279 Å². The average molecular weight is 664 g/mol. The number of aromatic amines is 1. The Morgan fingerprint density at radius 2 is 1.83 bits per heavy atom. The lowest BCUT2D eigenvalue weighted by Crippen LogP contribution is -2.36. The number of fused-ring (bicyclic) bond motifs is 1. The highest BCUT2D eigenvalue weighted by Gasteiger charge is 2.36. The summed E-state index contributed by atoms with van der Waals surface area (Å²) in [7, 11) is 1.90. The number of carboxylic acids is 1. The van der Waals surface area contributed by atoms with Crippen molar-refractivity contribution in [2.45, 2.75) is 53.9 Å². The van der Waals surface area contributed by atoms with Gasteiger partial charge in [-0.05, 0) is 81.8 Å². The minimum Gasteiger partial charge on any atom is -0.494 e. The van der Waals surface area contributed by atoms with Crippen LogP contribution >= 0.6 is 23.2 Å². The Balaban J connectivity index is 1.45. The highest BCUT2D eigenvalue weighted by atomic mass is 35.5. The lowest BCUT2D eigenvalue weighted by Gasteiger charge is -2.32. The molecule has 242 valence electrons. The van der Waals surface area contributed by atoms with Crippen LogP contribution in [0.3, 0.4) is 0 Å². The Morgan fingerprint density at radius 1 is 1.11 bits per heavy atom. The van der Waals surface area contributed by atoms with Crippen molar-refractivity contribution in [2.75, 3.05) is 13.2 Å². The van der Waals surface area contributed by atoms with Gasteiger partial charge in [-0.3, -0.25) is 14.3 Å². The average Bonchev–Trinajstić information content (AvgIpc) is 3.49. The van der Waals surface area contributed by atoms with Crippen LogP contribution in [0.1, 0.15) is 58.3 Å². The maximum atomic E-state index is 13.8. The molecule has 0 bridgehead atoms. The van der Waals surface area contributed by atoms with Gasteiger partial charge in [-0.2, -0.15) is 5.10 Å². The van der Waals surface area contributed by atoms with Gasteiger partial charge in [-0.25, -0.2) is 0 Å². The van der Waals surface area contributed by atoms with Crippen molar-refractivity contribution in [1.29, 1.82) is 0 Å². The van der Waals surface area contributed by atoms with E-state index in [9.17, 15) is 14.7 Å². The number of allylic oxidation sites excluding steroid dienone is 3. The van der Waals surface area contributed by atoms with Gasteiger partial charge in [0, 0.05) is 46.2 Å². The number of carboxylic acid groups (broad SMARTS) is 1. The van der Waals surface area contributed by atoms with Gasteiger partial charge in [-0.15, -0.1) is 0 Å². The molecule has 4 aromatic rings. The second-order valence-electron chi connectivity index (χ2n) is 12.4. The molecule has 2 heterocycles. The molecule has 0 radical (unpaired) electrons. The first-order chi connectivity index (χ1) is 21.8. The zero-order valence-corrected chi connectivity index (χ0v) is 28.6. The molecule has 1 aliphatic rings. The summed E-state index contributed by atoms with van der Waals surface area (Å²) in [6, 6.07) is 7.68. The van der Waals surface area contributed by atoms with Crippen LogP contribution in [-0.2, 0) is 18.3 Å². The van der Waals surface area contributed by atoms with Crippen LogP contribution in [0.5, 0.6) is 5.75 Å². The quantitative estimate of drug-likeness (QED) is 0.141. The number of ether oxygens (including phenoxy) is 1. The van der Waals surface area contributed by atoms with Crippen molar-refractivity contribution in [3.8, 4) is 16.9 Å². The van der Waals surface area contributed by atoms with E-state index in [0.29, 0.717) is 43.1 Å². The van der Waals surface area contributed by atoms with E-state index in [1.807, 2.05) is 82.8 Å². The van der Waals surface area contributed by atoms with E-state index in [0.717, 1.165) is 60.9 Å². The van der Waals surface area contributed by atoms with Crippen molar-refractivity contribution >= 4 is 46.0 Å². The molecule has 5 rings (SSSR count). The van der Waals surface area contributed by atoms with E-state index >= 15 is 0 Å². The molecule has 3 N–H and O–H groups in total. The molecular formula is C36H40Cl2N4O4. The zero-order chi connectivity index (χ0) is 33.3. The molecule has 2 aromatic heterocycles. The molecule has 46 heavy (non-hydrogen) atoms. The minimum absolute atomic E-state index is 0.261. The summed E-state index contributed by atoms with van der Waals surface area (Å²) in [6.07, 6.45) is 8.91. The number of hydrogen-bond donors (Lipinski definition) is 3. The molecule has 0 saturated heterocycles. The fraction of sp³-hybridized carbons (Fsp3) is 0.361. The lowest BCUT2D eigenvalue weighted by atomic mass is 9.72. The maximum absolute atomic E-state index is 13.8.